The lowest BCUT2D eigenvalue weighted by Gasteiger charge is -2.34. The van der Waals surface area contributed by atoms with E-state index in [9.17, 15) is 9.59 Å². The molecule has 2 aliphatic rings. The quantitative estimate of drug-likeness (QED) is 0.810. The van der Waals surface area contributed by atoms with Crippen LogP contribution in [0.2, 0.25) is 0 Å². The van der Waals surface area contributed by atoms with Crippen LogP contribution in [0.15, 0.2) is 36.7 Å². The highest BCUT2D eigenvalue weighted by Gasteiger charge is 2.26. The van der Waals surface area contributed by atoms with E-state index >= 15 is 0 Å². The first kappa shape index (κ1) is 17.5. The summed E-state index contributed by atoms with van der Waals surface area (Å²) in [5.41, 5.74) is 1.27. The summed E-state index contributed by atoms with van der Waals surface area (Å²) in [6.45, 7) is 3.31. The number of carbonyl (C=O) groups excluding carboxylic acids is 2. The van der Waals surface area contributed by atoms with Gasteiger partial charge in [0.1, 0.15) is 0 Å². The second-order valence-corrected chi connectivity index (χ2v) is 6.86. The minimum Gasteiger partial charge on any atom is -0.490 e. The van der Waals surface area contributed by atoms with Crippen molar-refractivity contribution in [1.82, 2.24) is 14.4 Å². The number of hydrogen-bond donors (Lipinski definition) is 0. The van der Waals surface area contributed by atoms with Crippen molar-refractivity contribution in [2.24, 2.45) is 7.05 Å². The summed E-state index contributed by atoms with van der Waals surface area (Å²) in [5, 5.41) is 0. The van der Waals surface area contributed by atoms with Crippen LogP contribution in [-0.2, 0) is 7.05 Å². The lowest BCUT2D eigenvalue weighted by molar-refractivity contribution is 0.0535. The molecular weight excluding hydrogens is 346 g/mol. The van der Waals surface area contributed by atoms with Crippen LogP contribution in [0.3, 0.4) is 0 Å². The largest absolute Gasteiger partial charge is 0.490 e. The molecule has 2 aliphatic heterocycles. The molecule has 27 heavy (non-hydrogen) atoms. The maximum atomic E-state index is 12.8. The molecule has 7 nitrogen and oxygen atoms in total. The van der Waals surface area contributed by atoms with Crippen LogP contribution in [0.25, 0.3) is 0 Å². The molecule has 2 aromatic rings. The fourth-order valence-corrected chi connectivity index (χ4v) is 3.40. The number of benzene rings is 1. The van der Waals surface area contributed by atoms with Gasteiger partial charge in [-0.1, -0.05) is 0 Å². The molecule has 1 fully saturated rings. The predicted octanol–water partition coefficient (Wildman–Crippen LogP) is 1.78. The van der Waals surface area contributed by atoms with Gasteiger partial charge >= 0.3 is 0 Å². The van der Waals surface area contributed by atoms with Crippen LogP contribution >= 0.6 is 0 Å². The van der Waals surface area contributed by atoms with Crippen molar-refractivity contribution in [3.8, 4) is 11.5 Å². The first-order valence-corrected chi connectivity index (χ1v) is 9.22. The predicted molar refractivity (Wildman–Crippen MR) is 99.3 cm³/mol. The van der Waals surface area contributed by atoms with E-state index < -0.39 is 0 Å². The lowest BCUT2D eigenvalue weighted by Crippen LogP contribution is -2.50. The summed E-state index contributed by atoms with van der Waals surface area (Å²) in [7, 11) is 1.89. The maximum Gasteiger partial charge on any atom is 0.255 e. The Balaban J connectivity index is 1.40. The summed E-state index contributed by atoms with van der Waals surface area (Å²) in [5.74, 6) is 1.27. The highest BCUT2D eigenvalue weighted by atomic mass is 16.5. The molecule has 0 unspecified atom stereocenters. The van der Waals surface area contributed by atoms with Gasteiger partial charge in [-0.25, -0.2) is 0 Å². The van der Waals surface area contributed by atoms with E-state index in [0.29, 0.717) is 62.0 Å². The molecular formula is C20H23N3O4. The second kappa shape index (κ2) is 7.34. The molecule has 0 radical (unpaired) electrons. The molecule has 4 rings (SSSR count). The maximum absolute atomic E-state index is 12.8. The van der Waals surface area contributed by atoms with Gasteiger partial charge in [-0.05, 0) is 24.3 Å². The number of ether oxygens (including phenoxy) is 2. The van der Waals surface area contributed by atoms with Gasteiger partial charge in [-0.2, -0.15) is 0 Å². The van der Waals surface area contributed by atoms with Crippen LogP contribution in [0, 0.1) is 0 Å². The number of piperazine rings is 1. The topological polar surface area (TPSA) is 64.0 Å². The molecule has 0 spiro atoms. The van der Waals surface area contributed by atoms with Gasteiger partial charge in [0.15, 0.2) is 11.5 Å². The number of rotatable bonds is 2. The number of nitrogens with zero attached hydrogens (tertiary/aromatic N) is 3. The van der Waals surface area contributed by atoms with Gasteiger partial charge in [-0.15, -0.1) is 0 Å². The van der Waals surface area contributed by atoms with E-state index in [4.69, 9.17) is 9.47 Å². The molecule has 7 heteroatoms. The highest BCUT2D eigenvalue weighted by Crippen LogP contribution is 2.31. The van der Waals surface area contributed by atoms with Crippen LogP contribution in [0.4, 0.5) is 0 Å². The summed E-state index contributed by atoms with van der Waals surface area (Å²) in [6.07, 6.45) is 4.50. The SMILES string of the molecule is Cn1ccc(C(=O)N2CCN(C(=O)c3ccc4c(c3)OCCCO4)CC2)c1. The summed E-state index contributed by atoms with van der Waals surface area (Å²) in [6, 6.07) is 7.14. The zero-order valence-electron chi connectivity index (χ0n) is 15.4. The van der Waals surface area contributed by atoms with Crippen molar-refractivity contribution < 1.29 is 19.1 Å². The molecule has 2 amide bonds. The first-order valence-electron chi connectivity index (χ1n) is 9.22. The monoisotopic (exact) mass is 369 g/mol. The Morgan fingerprint density at radius 1 is 0.852 bits per heavy atom. The zero-order valence-corrected chi connectivity index (χ0v) is 15.4. The normalized spacial score (nSPS) is 16.8. The van der Waals surface area contributed by atoms with Crippen molar-refractivity contribution >= 4 is 11.8 Å². The minimum absolute atomic E-state index is 0.0123. The highest BCUT2D eigenvalue weighted by molar-refractivity contribution is 5.96. The number of fused-ring (bicyclic) bond motifs is 1. The van der Waals surface area contributed by atoms with Crippen molar-refractivity contribution in [3.05, 3.63) is 47.8 Å². The van der Waals surface area contributed by atoms with Gasteiger partial charge in [0.05, 0.1) is 18.8 Å². The Kier molecular flexibility index (Phi) is 4.75. The van der Waals surface area contributed by atoms with E-state index in [1.54, 1.807) is 28.0 Å². The van der Waals surface area contributed by atoms with E-state index in [-0.39, 0.29) is 11.8 Å². The molecule has 0 N–H and O–H groups in total. The fraction of sp³-hybridized carbons (Fsp3) is 0.400. The van der Waals surface area contributed by atoms with Gasteiger partial charge in [-0.3, -0.25) is 9.59 Å². The Hall–Kier alpha value is -2.96. The summed E-state index contributed by atoms with van der Waals surface area (Å²) in [4.78, 5) is 29.0. The van der Waals surface area contributed by atoms with Crippen molar-refractivity contribution in [2.75, 3.05) is 39.4 Å². The number of carbonyl (C=O) groups is 2. The van der Waals surface area contributed by atoms with Gasteiger partial charge in [0.25, 0.3) is 11.8 Å². The van der Waals surface area contributed by atoms with Crippen molar-refractivity contribution in [3.63, 3.8) is 0 Å². The molecule has 142 valence electrons. The Labute approximate surface area is 158 Å². The lowest BCUT2D eigenvalue weighted by atomic mass is 10.1. The third-order valence-electron chi connectivity index (χ3n) is 4.93. The first-order chi connectivity index (χ1) is 13.1. The molecule has 0 bridgehead atoms. The van der Waals surface area contributed by atoms with Gasteiger partial charge < -0.3 is 23.8 Å². The fourth-order valence-electron chi connectivity index (χ4n) is 3.40. The average molecular weight is 369 g/mol. The summed E-state index contributed by atoms with van der Waals surface area (Å²) >= 11 is 0. The number of amides is 2. The third kappa shape index (κ3) is 3.63. The van der Waals surface area contributed by atoms with E-state index in [1.807, 2.05) is 30.1 Å². The van der Waals surface area contributed by atoms with Crippen molar-refractivity contribution in [1.29, 1.82) is 0 Å². The molecule has 0 saturated carbocycles. The molecule has 1 aromatic carbocycles. The number of aryl methyl sites for hydroxylation is 1. The van der Waals surface area contributed by atoms with E-state index in [1.165, 1.54) is 0 Å². The number of hydrogen-bond acceptors (Lipinski definition) is 4. The Bertz CT molecular complexity index is 853. The van der Waals surface area contributed by atoms with Gasteiger partial charge in [0.2, 0.25) is 0 Å². The van der Waals surface area contributed by atoms with Crippen LogP contribution in [0.5, 0.6) is 11.5 Å². The standard InChI is InChI=1S/C20H23N3O4/c1-21-6-5-16(14-21)20(25)23-9-7-22(8-10-23)19(24)15-3-4-17-18(13-15)27-12-2-11-26-17/h3-6,13-14H,2,7-12H2,1H3. The van der Waals surface area contributed by atoms with E-state index in [0.717, 1.165) is 6.42 Å². The molecule has 1 saturated heterocycles. The van der Waals surface area contributed by atoms with Crippen molar-refractivity contribution in [2.45, 2.75) is 6.42 Å². The third-order valence-corrected chi connectivity index (χ3v) is 4.93. The van der Waals surface area contributed by atoms with E-state index in [2.05, 4.69) is 0 Å². The van der Waals surface area contributed by atoms with Crippen LogP contribution in [-0.4, -0.2) is 65.6 Å². The second-order valence-electron chi connectivity index (χ2n) is 6.86. The van der Waals surface area contributed by atoms with Crippen LogP contribution < -0.4 is 9.47 Å². The molecule has 0 aliphatic carbocycles. The van der Waals surface area contributed by atoms with Gasteiger partial charge in [0, 0.05) is 57.6 Å². The molecule has 0 atom stereocenters. The van der Waals surface area contributed by atoms with Crippen LogP contribution in [0.1, 0.15) is 27.1 Å². The molecule has 3 heterocycles. The Morgan fingerprint density at radius 2 is 1.48 bits per heavy atom. The zero-order chi connectivity index (χ0) is 18.8. The Morgan fingerprint density at radius 3 is 2.11 bits per heavy atom. The molecule has 1 aromatic heterocycles. The average Bonchev–Trinajstić information content (AvgIpc) is 2.99. The minimum atomic E-state index is -0.0440. The summed E-state index contributed by atoms with van der Waals surface area (Å²) < 4.78 is 13.2. The number of aromatic nitrogens is 1. The smallest absolute Gasteiger partial charge is 0.255 e.